The Morgan fingerprint density at radius 1 is 1.32 bits per heavy atom. The van der Waals surface area contributed by atoms with Crippen molar-refractivity contribution in [2.75, 3.05) is 27.2 Å². The number of rotatable bonds is 7. The van der Waals surface area contributed by atoms with Gasteiger partial charge in [-0.2, -0.15) is 0 Å². The normalized spacial score (nSPS) is 15.5. The average molecular weight is 326 g/mol. The SMILES string of the molecule is CN=C(NCC(C)Cc1cccs1)NCC(OC)C(C)(C)C. The lowest BCUT2D eigenvalue weighted by atomic mass is 9.89. The molecule has 0 amide bonds. The van der Waals surface area contributed by atoms with Crippen LogP contribution in [0.2, 0.25) is 0 Å². The molecule has 1 rings (SSSR count). The third kappa shape index (κ3) is 6.79. The summed E-state index contributed by atoms with van der Waals surface area (Å²) < 4.78 is 5.56. The van der Waals surface area contributed by atoms with Gasteiger partial charge in [-0.15, -0.1) is 11.3 Å². The van der Waals surface area contributed by atoms with Gasteiger partial charge in [-0.3, -0.25) is 4.99 Å². The van der Waals surface area contributed by atoms with E-state index < -0.39 is 0 Å². The summed E-state index contributed by atoms with van der Waals surface area (Å²) in [5.41, 5.74) is 0.104. The summed E-state index contributed by atoms with van der Waals surface area (Å²) in [6.07, 6.45) is 1.25. The van der Waals surface area contributed by atoms with Crippen LogP contribution in [-0.4, -0.2) is 39.3 Å². The number of aliphatic imine (C=N–C) groups is 1. The Labute approximate surface area is 139 Å². The second-order valence-electron chi connectivity index (χ2n) is 6.81. The Kier molecular flexibility index (Phi) is 7.90. The molecule has 0 radical (unpaired) electrons. The fourth-order valence-corrected chi connectivity index (χ4v) is 3.14. The first-order valence-corrected chi connectivity index (χ1v) is 8.74. The van der Waals surface area contributed by atoms with Crippen molar-refractivity contribution in [1.29, 1.82) is 0 Å². The molecule has 22 heavy (non-hydrogen) atoms. The van der Waals surface area contributed by atoms with Crippen LogP contribution in [0.25, 0.3) is 0 Å². The molecule has 0 aliphatic heterocycles. The molecule has 0 spiro atoms. The third-order valence-corrected chi connectivity index (χ3v) is 4.58. The molecule has 2 atom stereocenters. The first kappa shape index (κ1) is 19.0. The van der Waals surface area contributed by atoms with Gasteiger partial charge in [0, 0.05) is 32.1 Å². The van der Waals surface area contributed by atoms with Crippen molar-refractivity contribution < 1.29 is 4.74 Å². The highest BCUT2D eigenvalue weighted by atomic mass is 32.1. The van der Waals surface area contributed by atoms with E-state index in [-0.39, 0.29) is 11.5 Å². The minimum atomic E-state index is 0.104. The van der Waals surface area contributed by atoms with Crippen LogP contribution < -0.4 is 10.6 Å². The summed E-state index contributed by atoms with van der Waals surface area (Å²) in [5, 5.41) is 8.89. The maximum atomic E-state index is 5.56. The van der Waals surface area contributed by atoms with Gasteiger partial charge < -0.3 is 15.4 Å². The van der Waals surface area contributed by atoms with Crippen LogP contribution in [0.5, 0.6) is 0 Å². The van der Waals surface area contributed by atoms with Gasteiger partial charge in [-0.1, -0.05) is 33.8 Å². The molecule has 1 aromatic heterocycles. The topological polar surface area (TPSA) is 45.7 Å². The summed E-state index contributed by atoms with van der Waals surface area (Å²) >= 11 is 1.82. The summed E-state index contributed by atoms with van der Waals surface area (Å²) in [6, 6.07) is 4.30. The standard InChI is InChI=1S/C17H31N3OS/c1-13(10-14-8-7-9-22-14)11-19-16(18-5)20-12-15(21-6)17(2,3)4/h7-9,13,15H,10-12H2,1-6H3,(H2,18,19,20). The Morgan fingerprint density at radius 2 is 2.00 bits per heavy atom. The number of hydrogen-bond donors (Lipinski definition) is 2. The molecule has 0 saturated heterocycles. The van der Waals surface area contributed by atoms with E-state index in [0.717, 1.165) is 25.5 Å². The largest absolute Gasteiger partial charge is 0.379 e. The number of hydrogen-bond acceptors (Lipinski definition) is 3. The van der Waals surface area contributed by atoms with E-state index in [2.05, 4.69) is 60.8 Å². The predicted molar refractivity (Wildman–Crippen MR) is 96.8 cm³/mol. The highest BCUT2D eigenvalue weighted by molar-refractivity contribution is 7.09. The summed E-state index contributed by atoms with van der Waals surface area (Å²) in [6.45, 7) is 10.5. The highest BCUT2D eigenvalue weighted by Gasteiger charge is 2.24. The molecular formula is C17H31N3OS. The number of nitrogens with zero attached hydrogens (tertiary/aromatic N) is 1. The van der Waals surface area contributed by atoms with Crippen molar-refractivity contribution in [1.82, 2.24) is 10.6 Å². The minimum Gasteiger partial charge on any atom is -0.379 e. The molecule has 0 saturated carbocycles. The zero-order chi connectivity index (χ0) is 16.6. The van der Waals surface area contributed by atoms with E-state index >= 15 is 0 Å². The maximum absolute atomic E-state index is 5.56. The molecule has 0 fully saturated rings. The lowest BCUT2D eigenvalue weighted by molar-refractivity contribution is 0.0205. The van der Waals surface area contributed by atoms with Crippen molar-refractivity contribution in [2.45, 2.75) is 40.2 Å². The van der Waals surface area contributed by atoms with Crippen LogP contribution in [0, 0.1) is 11.3 Å². The highest BCUT2D eigenvalue weighted by Crippen LogP contribution is 2.20. The van der Waals surface area contributed by atoms with Gasteiger partial charge in [0.1, 0.15) is 0 Å². The number of nitrogens with one attached hydrogen (secondary N) is 2. The van der Waals surface area contributed by atoms with E-state index in [4.69, 9.17) is 4.74 Å². The van der Waals surface area contributed by atoms with Crippen LogP contribution >= 0.6 is 11.3 Å². The van der Waals surface area contributed by atoms with E-state index in [9.17, 15) is 0 Å². The molecular weight excluding hydrogens is 294 g/mol. The van der Waals surface area contributed by atoms with Gasteiger partial charge in [0.2, 0.25) is 0 Å². The van der Waals surface area contributed by atoms with Gasteiger partial charge in [0.05, 0.1) is 6.10 Å². The average Bonchev–Trinajstić information content (AvgIpc) is 2.94. The zero-order valence-corrected chi connectivity index (χ0v) is 15.6. The lowest BCUT2D eigenvalue weighted by Crippen LogP contribution is -2.46. The second kappa shape index (κ2) is 9.16. The number of methoxy groups -OCH3 is 1. The van der Waals surface area contributed by atoms with Gasteiger partial charge in [-0.05, 0) is 29.2 Å². The molecule has 0 aliphatic rings. The van der Waals surface area contributed by atoms with Crippen LogP contribution in [0.3, 0.4) is 0 Å². The second-order valence-corrected chi connectivity index (χ2v) is 7.85. The van der Waals surface area contributed by atoms with E-state index in [1.807, 2.05) is 11.3 Å². The Hall–Kier alpha value is -1.07. The van der Waals surface area contributed by atoms with Gasteiger partial charge in [0.25, 0.3) is 0 Å². The van der Waals surface area contributed by atoms with Crippen LogP contribution in [0.4, 0.5) is 0 Å². The molecule has 1 aromatic rings. The fraction of sp³-hybridized carbons (Fsp3) is 0.706. The summed E-state index contributed by atoms with van der Waals surface area (Å²) in [7, 11) is 3.56. The molecule has 0 aliphatic carbocycles. The maximum Gasteiger partial charge on any atom is 0.191 e. The van der Waals surface area contributed by atoms with Crippen molar-refractivity contribution >= 4 is 17.3 Å². The van der Waals surface area contributed by atoms with Crippen molar-refractivity contribution in [2.24, 2.45) is 16.3 Å². The van der Waals surface area contributed by atoms with Gasteiger partial charge >= 0.3 is 0 Å². The summed E-state index contributed by atoms with van der Waals surface area (Å²) in [4.78, 5) is 5.72. The monoisotopic (exact) mass is 325 g/mol. The van der Waals surface area contributed by atoms with E-state index in [0.29, 0.717) is 5.92 Å². The fourth-order valence-electron chi connectivity index (χ4n) is 2.27. The predicted octanol–water partition coefficient (Wildman–Crippen LogP) is 3.15. The smallest absolute Gasteiger partial charge is 0.191 e. The molecule has 4 nitrogen and oxygen atoms in total. The number of guanidine groups is 1. The number of thiophene rings is 1. The van der Waals surface area contributed by atoms with E-state index in [1.54, 1.807) is 14.2 Å². The molecule has 0 bridgehead atoms. The molecule has 1 heterocycles. The van der Waals surface area contributed by atoms with E-state index in [1.165, 1.54) is 4.88 Å². The third-order valence-electron chi connectivity index (χ3n) is 3.68. The quantitative estimate of drug-likeness (QED) is 0.598. The molecule has 126 valence electrons. The van der Waals surface area contributed by atoms with Gasteiger partial charge in [0.15, 0.2) is 5.96 Å². The Balaban J connectivity index is 2.36. The molecule has 0 aromatic carbocycles. The first-order valence-electron chi connectivity index (χ1n) is 7.86. The molecule has 5 heteroatoms. The van der Waals surface area contributed by atoms with Crippen molar-refractivity contribution in [3.8, 4) is 0 Å². The van der Waals surface area contributed by atoms with Crippen LogP contribution in [0.1, 0.15) is 32.6 Å². The van der Waals surface area contributed by atoms with Crippen LogP contribution in [0.15, 0.2) is 22.5 Å². The molecule has 2 unspecified atom stereocenters. The minimum absolute atomic E-state index is 0.104. The van der Waals surface area contributed by atoms with Gasteiger partial charge in [-0.25, -0.2) is 0 Å². The van der Waals surface area contributed by atoms with Crippen LogP contribution in [-0.2, 0) is 11.2 Å². The van der Waals surface area contributed by atoms with Crippen molar-refractivity contribution in [3.63, 3.8) is 0 Å². The Morgan fingerprint density at radius 3 is 2.50 bits per heavy atom. The number of ether oxygens (including phenoxy) is 1. The molecule has 2 N–H and O–H groups in total. The van der Waals surface area contributed by atoms with Crippen molar-refractivity contribution in [3.05, 3.63) is 22.4 Å². The summed E-state index contributed by atoms with van der Waals surface area (Å²) in [5.74, 6) is 1.40. The lowest BCUT2D eigenvalue weighted by Gasteiger charge is -2.30. The zero-order valence-electron chi connectivity index (χ0n) is 14.8. The Bertz CT molecular complexity index is 437. The first-order chi connectivity index (χ1) is 10.4.